The molecule has 0 fully saturated rings. The van der Waals surface area contributed by atoms with Crippen molar-refractivity contribution in [2.75, 3.05) is 0 Å². The molecule has 1 aromatic carbocycles. The van der Waals surface area contributed by atoms with Gasteiger partial charge in [-0.1, -0.05) is 30.3 Å². The summed E-state index contributed by atoms with van der Waals surface area (Å²) >= 11 is 1.65. The number of fused-ring (bicyclic) bond motifs is 1. The molecular formula is C14H14OS. The van der Waals surface area contributed by atoms with Gasteiger partial charge < -0.3 is 5.11 Å². The zero-order chi connectivity index (χ0) is 11.0. The van der Waals surface area contributed by atoms with Crippen LogP contribution in [0, 0.1) is 5.92 Å². The van der Waals surface area contributed by atoms with Gasteiger partial charge in [-0.25, -0.2) is 0 Å². The molecule has 0 aliphatic heterocycles. The third-order valence-corrected chi connectivity index (χ3v) is 4.31. The van der Waals surface area contributed by atoms with Crippen LogP contribution in [0.5, 0.6) is 0 Å². The zero-order valence-corrected chi connectivity index (χ0v) is 9.78. The van der Waals surface area contributed by atoms with Crippen LogP contribution in [0.15, 0.2) is 41.8 Å². The van der Waals surface area contributed by atoms with E-state index in [9.17, 15) is 5.11 Å². The molecule has 1 aromatic heterocycles. The molecule has 1 N–H and O–H groups in total. The van der Waals surface area contributed by atoms with Crippen molar-refractivity contribution >= 4 is 11.3 Å². The van der Waals surface area contributed by atoms with Gasteiger partial charge in [-0.3, -0.25) is 0 Å². The second-order valence-electron chi connectivity index (χ2n) is 4.40. The van der Waals surface area contributed by atoms with Crippen LogP contribution < -0.4 is 0 Å². The van der Waals surface area contributed by atoms with Gasteiger partial charge in [-0.15, -0.1) is 11.3 Å². The Morgan fingerprint density at radius 1 is 1.06 bits per heavy atom. The summed E-state index contributed by atoms with van der Waals surface area (Å²) in [4.78, 5) is 1.10. The Bertz CT molecular complexity index is 450. The number of aliphatic hydroxyl groups is 1. The number of aliphatic hydroxyl groups excluding tert-OH is 1. The Kier molecular flexibility index (Phi) is 2.54. The molecule has 82 valence electrons. The normalized spacial score (nSPS) is 17.3. The first-order valence-electron chi connectivity index (χ1n) is 5.63. The molecule has 2 aromatic rings. The molecule has 1 heterocycles. The lowest BCUT2D eigenvalue weighted by molar-refractivity contribution is 0.117. The van der Waals surface area contributed by atoms with E-state index in [0.29, 0.717) is 5.92 Å². The monoisotopic (exact) mass is 230 g/mol. The van der Waals surface area contributed by atoms with E-state index in [0.717, 1.165) is 17.7 Å². The minimum Gasteiger partial charge on any atom is -0.387 e. The number of thiophene rings is 1. The smallest absolute Gasteiger partial charge is 0.0916 e. The second-order valence-corrected chi connectivity index (χ2v) is 5.38. The Balaban J connectivity index is 1.81. The van der Waals surface area contributed by atoms with Gasteiger partial charge in [0.15, 0.2) is 0 Å². The molecule has 1 unspecified atom stereocenters. The maximum atomic E-state index is 10.3. The molecule has 0 saturated carbocycles. The molecule has 1 nitrogen and oxygen atoms in total. The maximum Gasteiger partial charge on any atom is 0.0916 e. The highest BCUT2D eigenvalue weighted by atomic mass is 32.1. The fourth-order valence-electron chi connectivity index (χ4n) is 2.51. The summed E-state index contributed by atoms with van der Waals surface area (Å²) in [6, 6.07) is 12.5. The fourth-order valence-corrected chi connectivity index (χ4v) is 3.31. The van der Waals surface area contributed by atoms with Crippen molar-refractivity contribution in [3.8, 4) is 0 Å². The predicted molar refractivity (Wildman–Crippen MR) is 66.6 cm³/mol. The highest BCUT2D eigenvalue weighted by Gasteiger charge is 2.28. The maximum absolute atomic E-state index is 10.3. The van der Waals surface area contributed by atoms with Crippen LogP contribution in [-0.4, -0.2) is 5.11 Å². The molecule has 3 rings (SSSR count). The van der Waals surface area contributed by atoms with Gasteiger partial charge in [-0.2, -0.15) is 0 Å². The van der Waals surface area contributed by atoms with Gasteiger partial charge in [-0.05, 0) is 41.3 Å². The standard InChI is InChI=1S/C14H14OS/c15-14(13-6-3-7-16-13)12-8-10-4-1-2-5-11(10)9-12/h1-7,12,14-15H,8-9H2. The summed E-state index contributed by atoms with van der Waals surface area (Å²) in [5.74, 6) is 0.357. The lowest BCUT2D eigenvalue weighted by Gasteiger charge is -2.15. The Morgan fingerprint density at radius 2 is 1.75 bits per heavy atom. The number of benzene rings is 1. The van der Waals surface area contributed by atoms with Crippen molar-refractivity contribution in [1.82, 2.24) is 0 Å². The summed E-state index contributed by atoms with van der Waals surface area (Å²) in [6.07, 6.45) is 1.72. The van der Waals surface area contributed by atoms with E-state index in [1.54, 1.807) is 11.3 Å². The molecule has 0 bridgehead atoms. The number of hydrogen-bond donors (Lipinski definition) is 1. The van der Waals surface area contributed by atoms with E-state index >= 15 is 0 Å². The van der Waals surface area contributed by atoms with Crippen molar-refractivity contribution in [2.24, 2.45) is 5.92 Å². The van der Waals surface area contributed by atoms with Crippen molar-refractivity contribution in [3.05, 3.63) is 57.8 Å². The van der Waals surface area contributed by atoms with Gasteiger partial charge in [0.2, 0.25) is 0 Å². The minimum atomic E-state index is -0.299. The van der Waals surface area contributed by atoms with E-state index in [1.165, 1.54) is 11.1 Å². The van der Waals surface area contributed by atoms with Crippen molar-refractivity contribution in [1.29, 1.82) is 0 Å². The molecule has 0 radical (unpaired) electrons. The van der Waals surface area contributed by atoms with E-state index in [1.807, 2.05) is 17.5 Å². The van der Waals surface area contributed by atoms with Crippen molar-refractivity contribution < 1.29 is 5.11 Å². The number of hydrogen-bond acceptors (Lipinski definition) is 2. The Hall–Kier alpha value is -1.12. The highest BCUT2D eigenvalue weighted by Crippen LogP contribution is 2.36. The third-order valence-electron chi connectivity index (χ3n) is 3.36. The minimum absolute atomic E-state index is 0.299. The summed E-state index contributed by atoms with van der Waals surface area (Å²) < 4.78 is 0. The lowest BCUT2D eigenvalue weighted by atomic mass is 9.98. The van der Waals surface area contributed by atoms with E-state index in [4.69, 9.17) is 0 Å². The zero-order valence-electron chi connectivity index (χ0n) is 8.97. The summed E-state index contributed by atoms with van der Waals surface area (Å²) in [5, 5.41) is 12.3. The average Bonchev–Trinajstić information content (AvgIpc) is 2.97. The van der Waals surface area contributed by atoms with Crippen LogP contribution in [0.25, 0.3) is 0 Å². The number of rotatable bonds is 2. The van der Waals surface area contributed by atoms with Gasteiger partial charge in [0.1, 0.15) is 0 Å². The van der Waals surface area contributed by atoms with E-state index in [2.05, 4.69) is 24.3 Å². The molecule has 2 heteroatoms. The quantitative estimate of drug-likeness (QED) is 0.840. The van der Waals surface area contributed by atoms with Crippen LogP contribution in [-0.2, 0) is 12.8 Å². The molecule has 0 amide bonds. The summed E-state index contributed by atoms with van der Waals surface area (Å²) in [5.41, 5.74) is 2.81. The van der Waals surface area contributed by atoms with Gasteiger partial charge in [0, 0.05) is 4.88 Å². The predicted octanol–water partition coefficient (Wildman–Crippen LogP) is 3.20. The van der Waals surface area contributed by atoms with Gasteiger partial charge >= 0.3 is 0 Å². The second kappa shape index (κ2) is 4.04. The molecule has 1 aliphatic rings. The Labute approximate surface area is 99.4 Å². The molecular weight excluding hydrogens is 216 g/mol. The van der Waals surface area contributed by atoms with Gasteiger partial charge in [0.05, 0.1) is 6.10 Å². The van der Waals surface area contributed by atoms with E-state index in [-0.39, 0.29) is 6.10 Å². The molecule has 0 saturated heterocycles. The summed E-state index contributed by atoms with van der Waals surface area (Å²) in [7, 11) is 0. The SMILES string of the molecule is OC(c1cccs1)C1Cc2ccccc2C1. The first-order valence-corrected chi connectivity index (χ1v) is 6.51. The molecule has 16 heavy (non-hydrogen) atoms. The Morgan fingerprint density at radius 3 is 2.31 bits per heavy atom. The van der Waals surface area contributed by atoms with Gasteiger partial charge in [0.25, 0.3) is 0 Å². The summed E-state index contributed by atoms with van der Waals surface area (Å²) in [6.45, 7) is 0. The highest BCUT2D eigenvalue weighted by molar-refractivity contribution is 7.10. The molecule has 1 aliphatic carbocycles. The van der Waals surface area contributed by atoms with E-state index < -0.39 is 0 Å². The average molecular weight is 230 g/mol. The largest absolute Gasteiger partial charge is 0.387 e. The molecule has 0 spiro atoms. The van der Waals surface area contributed by atoms with Crippen molar-refractivity contribution in [3.63, 3.8) is 0 Å². The first kappa shape index (κ1) is 10.1. The third kappa shape index (κ3) is 1.68. The topological polar surface area (TPSA) is 20.2 Å². The van der Waals surface area contributed by atoms with Crippen LogP contribution in [0.2, 0.25) is 0 Å². The van der Waals surface area contributed by atoms with Crippen LogP contribution in [0.3, 0.4) is 0 Å². The van der Waals surface area contributed by atoms with Crippen LogP contribution in [0.1, 0.15) is 22.1 Å². The lowest BCUT2D eigenvalue weighted by Crippen LogP contribution is -2.11. The molecule has 1 atom stereocenters. The first-order chi connectivity index (χ1) is 7.84. The van der Waals surface area contributed by atoms with Crippen LogP contribution in [0.4, 0.5) is 0 Å². The fraction of sp³-hybridized carbons (Fsp3) is 0.286. The van der Waals surface area contributed by atoms with Crippen molar-refractivity contribution in [2.45, 2.75) is 18.9 Å². The van der Waals surface area contributed by atoms with Crippen LogP contribution >= 0.6 is 11.3 Å².